The Morgan fingerprint density at radius 1 is 1.44 bits per heavy atom. The van der Waals surface area contributed by atoms with Crippen molar-refractivity contribution in [2.24, 2.45) is 0 Å². The predicted octanol–water partition coefficient (Wildman–Crippen LogP) is 1.92. The molecule has 1 amide bonds. The van der Waals surface area contributed by atoms with Crippen LogP contribution in [0.5, 0.6) is 0 Å². The number of hydrogen-bond acceptors (Lipinski definition) is 8. The van der Waals surface area contributed by atoms with Gasteiger partial charge in [0.15, 0.2) is 0 Å². The van der Waals surface area contributed by atoms with Gasteiger partial charge < -0.3 is 20.3 Å². The summed E-state index contributed by atoms with van der Waals surface area (Å²) in [7, 11) is 1.57. The average molecular weight is 352 g/mol. The summed E-state index contributed by atoms with van der Waals surface area (Å²) in [4.78, 5) is 32.7. The molecule has 1 aromatic rings. The van der Waals surface area contributed by atoms with E-state index in [1.807, 2.05) is 0 Å². The number of aromatic nitrogens is 2. The lowest BCUT2D eigenvalue weighted by Crippen LogP contribution is -2.49. The molecule has 1 aliphatic heterocycles. The van der Waals surface area contributed by atoms with Gasteiger partial charge in [-0.25, -0.2) is 14.8 Å². The number of hydrogen-bond donors (Lipinski definition) is 2. The van der Waals surface area contributed by atoms with Gasteiger partial charge in [-0.2, -0.15) is 0 Å². The lowest BCUT2D eigenvalue weighted by Gasteiger charge is -2.34. The van der Waals surface area contributed by atoms with Gasteiger partial charge in [-0.1, -0.05) is 0 Å². The van der Waals surface area contributed by atoms with Crippen LogP contribution in [-0.2, 0) is 4.74 Å². The van der Waals surface area contributed by atoms with Crippen LogP contribution in [0.25, 0.3) is 0 Å². The molecule has 0 aromatic carbocycles. The SMILES string of the molecule is CNc1ncnc(N2CCC[C@@H](NC(=O)OC(C)(C)C)C2)c1[N+](=O)[O-]. The number of piperidine rings is 1. The van der Waals surface area contributed by atoms with Crippen LogP contribution in [0.3, 0.4) is 0 Å². The van der Waals surface area contributed by atoms with E-state index in [2.05, 4.69) is 20.6 Å². The summed E-state index contributed by atoms with van der Waals surface area (Å²) in [5.41, 5.74) is -0.742. The highest BCUT2D eigenvalue weighted by molar-refractivity contribution is 5.71. The first-order chi connectivity index (χ1) is 11.7. The van der Waals surface area contributed by atoms with E-state index in [0.717, 1.165) is 12.8 Å². The fourth-order valence-electron chi connectivity index (χ4n) is 2.71. The van der Waals surface area contributed by atoms with Gasteiger partial charge in [0, 0.05) is 26.2 Å². The second-order valence-electron chi connectivity index (χ2n) is 6.83. The van der Waals surface area contributed by atoms with Crippen molar-refractivity contribution in [3.05, 3.63) is 16.4 Å². The van der Waals surface area contributed by atoms with Crippen LogP contribution in [0.4, 0.5) is 22.1 Å². The number of rotatable bonds is 4. The number of carbonyl (C=O) groups is 1. The van der Waals surface area contributed by atoms with Crippen molar-refractivity contribution in [2.45, 2.75) is 45.3 Å². The third-order valence-electron chi connectivity index (χ3n) is 3.66. The molecule has 1 aromatic heterocycles. The molecule has 2 heterocycles. The molecule has 2 N–H and O–H groups in total. The van der Waals surface area contributed by atoms with Gasteiger partial charge in [-0.15, -0.1) is 0 Å². The minimum atomic E-state index is -0.578. The highest BCUT2D eigenvalue weighted by atomic mass is 16.6. The molecule has 1 aliphatic rings. The van der Waals surface area contributed by atoms with E-state index in [9.17, 15) is 14.9 Å². The summed E-state index contributed by atoms with van der Waals surface area (Å²) in [6.45, 7) is 6.42. The van der Waals surface area contributed by atoms with E-state index in [1.54, 1.807) is 32.7 Å². The quantitative estimate of drug-likeness (QED) is 0.622. The van der Waals surface area contributed by atoms with Gasteiger partial charge in [0.05, 0.1) is 4.92 Å². The number of carbonyl (C=O) groups excluding carboxylic acids is 1. The molecule has 138 valence electrons. The number of nitrogens with one attached hydrogen (secondary N) is 2. The normalized spacial score (nSPS) is 17.8. The third-order valence-corrected chi connectivity index (χ3v) is 3.66. The average Bonchev–Trinajstić information content (AvgIpc) is 2.52. The number of anilines is 2. The number of amides is 1. The summed E-state index contributed by atoms with van der Waals surface area (Å²) in [5.74, 6) is 0.414. The molecule has 10 heteroatoms. The van der Waals surface area contributed by atoms with Crippen molar-refractivity contribution in [2.75, 3.05) is 30.4 Å². The van der Waals surface area contributed by atoms with E-state index in [1.165, 1.54) is 6.33 Å². The zero-order chi connectivity index (χ0) is 18.6. The fourth-order valence-corrected chi connectivity index (χ4v) is 2.71. The molecule has 0 bridgehead atoms. The van der Waals surface area contributed by atoms with Crippen LogP contribution in [0, 0.1) is 10.1 Å². The van der Waals surface area contributed by atoms with E-state index < -0.39 is 16.6 Å². The van der Waals surface area contributed by atoms with Gasteiger partial charge in [0.1, 0.15) is 11.9 Å². The van der Waals surface area contributed by atoms with Crippen LogP contribution >= 0.6 is 0 Å². The molecule has 1 saturated heterocycles. The number of alkyl carbamates (subject to hydrolysis) is 1. The molecule has 1 atom stereocenters. The van der Waals surface area contributed by atoms with Crippen molar-refractivity contribution in [3.8, 4) is 0 Å². The lowest BCUT2D eigenvalue weighted by molar-refractivity contribution is -0.383. The standard InChI is InChI=1S/C15H24N6O4/c1-15(2,3)25-14(22)19-10-6-5-7-20(8-10)13-11(21(23)24)12(16-4)17-9-18-13/h9-10H,5-8H2,1-4H3,(H,19,22)(H,16,17,18)/t10-/m1/s1. The number of nitro groups is 1. The first-order valence-corrected chi connectivity index (χ1v) is 8.13. The Bertz CT molecular complexity index is 645. The fraction of sp³-hybridized carbons (Fsp3) is 0.667. The van der Waals surface area contributed by atoms with Gasteiger partial charge in [-0.05, 0) is 33.6 Å². The lowest BCUT2D eigenvalue weighted by atomic mass is 10.1. The maximum absolute atomic E-state index is 11.9. The van der Waals surface area contributed by atoms with Crippen LogP contribution in [0.2, 0.25) is 0 Å². The van der Waals surface area contributed by atoms with Gasteiger partial charge >= 0.3 is 11.8 Å². The van der Waals surface area contributed by atoms with Crippen LogP contribution < -0.4 is 15.5 Å². The minimum Gasteiger partial charge on any atom is -0.444 e. The molecule has 1 fully saturated rings. The molecule has 0 spiro atoms. The second kappa shape index (κ2) is 7.49. The van der Waals surface area contributed by atoms with E-state index in [0.29, 0.717) is 13.1 Å². The smallest absolute Gasteiger partial charge is 0.407 e. The molecule has 0 unspecified atom stereocenters. The first kappa shape index (κ1) is 18.7. The highest BCUT2D eigenvalue weighted by Gasteiger charge is 2.31. The van der Waals surface area contributed by atoms with Crippen LogP contribution in [0.15, 0.2) is 6.33 Å². The molecule has 2 rings (SSSR count). The number of ether oxygens (including phenoxy) is 1. The maximum Gasteiger partial charge on any atom is 0.407 e. The Morgan fingerprint density at radius 2 is 2.16 bits per heavy atom. The van der Waals surface area contributed by atoms with E-state index >= 15 is 0 Å². The molecule has 0 radical (unpaired) electrons. The Balaban J connectivity index is 2.14. The van der Waals surface area contributed by atoms with Crippen LogP contribution in [0.1, 0.15) is 33.6 Å². The van der Waals surface area contributed by atoms with Crippen molar-refractivity contribution in [1.29, 1.82) is 0 Å². The molecule has 10 nitrogen and oxygen atoms in total. The summed E-state index contributed by atoms with van der Waals surface area (Å²) < 4.78 is 5.27. The summed E-state index contributed by atoms with van der Waals surface area (Å²) >= 11 is 0. The Labute approximate surface area is 146 Å². The topological polar surface area (TPSA) is 123 Å². The molecule has 25 heavy (non-hydrogen) atoms. The summed E-state index contributed by atoms with van der Waals surface area (Å²) in [6.07, 6.45) is 2.34. The van der Waals surface area contributed by atoms with E-state index in [-0.39, 0.29) is 23.4 Å². The molecule has 0 aliphatic carbocycles. The van der Waals surface area contributed by atoms with Gasteiger partial charge in [0.25, 0.3) is 0 Å². The van der Waals surface area contributed by atoms with E-state index in [4.69, 9.17) is 4.74 Å². The van der Waals surface area contributed by atoms with Crippen molar-refractivity contribution < 1.29 is 14.5 Å². The van der Waals surface area contributed by atoms with Gasteiger partial charge in [0.2, 0.25) is 11.6 Å². The maximum atomic E-state index is 11.9. The Kier molecular flexibility index (Phi) is 5.60. The molecular formula is C15H24N6O4. The number of nitrogens with zero attached hydrogens (tertiary/aromatic N) is 4. The Morgan fingerprint density at radius 3 is 2.76 bits per heavy atom. The second-order valence-corrected chi connectivity index (χ2v) is 6.83. The molecule has 0 saturated carbocycles. The summed E-state index contributed by atoms with van der Waals surface area (Å²) in [5, 5.41) is 17.0. The first-order valence-electron chi connectivity index (χ1n) is 8.13. The predicted molar refractivity (Wildman–Crippen MR) is 92.8 cm³/mol. The summed E-state index contributed by atoms with van der Waals surface area (Å²) in [6, 6.07) is -0.170. The highest BCUT2D eigenvalue weighted by Crippen LogP contribution is 2.32. The zero-order valence-corrected chi connectivity index (χ0v) is 14.9. The molecular weight excluding hydrogens is 328 g/mol. The minimum absolute atomic E-state index is 0.164. The van der Waals surface area contributed by atoms with Crippen molar-refractivity contribution >= 4 is 23.4 Å². The Hall–Kier alpha value is -2.65. The van der Waals surface area contributed by atoms with Crippen molar-refractivity contribution in [1.82, 2.24) is 15.3 Å². The largest absolute Gasteiger partial charge is 0.444 e. The van der Waals surface area contributed by atoms with Crippen molar-refractivity contribution in [3.63, 3.8) is 0 Å². The van der Waals surface area contributed by atoms with Crippen LogP contribution in [-0.4, -0.2) is 52.8 Å². The third kappa shape index (κ3) is 4.91. The van der Waals surface area contributed by atoms with Gasteiger partial charge in [-0.3, -0.25) is 10.1 Å². The zero-order valence-electron chi connectivity index (χ0n) is 14.9. The monoisotopic (exact) mass is 352 g/mol.